The van der Waals surface area contributed by atoms with E-state index < -0.39 is 0 Å². The molecule has 0 spiro atoms. The third kappa shape index (κ3) is 1.69. The Kier molecular flexibility index (Phi) is 2.51. The lowest BCUT2D eigenvalue weighted by atomic mass is 10.3. The molecule has 70 valence electrons. The third-order valence-corrected chi connectivity index (χ3v) is 2.88. The Morgan fingerprint density at radius 3 is 3.31 bits per heavy atom. The quantitative estimate of drug-likeness (QED) is 0.719. The number of pyridine rings is 1. The fraction of sp³-hybridized carbons (Fsp3) is 0.375. The van der Waals surface area contributed by atoms with Gasteiger partial charge in [0.25, 0.3) is 0 Å². The van der Waals surface area contributed by atoms with Gasteiger partial charge in [0.05, 0.1) is 6.54 Å². The second-order valence-electron chi connectivity index (χ2n) is 2.84. The minimum atomic E-state index is 0.710. The monoisotopic (exact) mass is 216 g/mol. The first-order chi connectivity index (χ1) is 6.31. The fourth-order valence-electron chi connectivity index (χ4n) is 1.25. The van der Waals surface area contributed by atoms with E-state index in [9.17, 15) is 0 Å². The molecule has 0 aromatic carbocycles. The summed E-state index contributed by atoms with van der Waals surface area (Å²) in [5.74, 6) is 1.71. The summed E-state index contributed by atoms with van der Waals surface area (Å²) in [7, 11) is 8.77. The maximum atomic E-state index is 5.61. The van der Waals surface area contributed by atoms with Crippen LogP contribution >= 0.6 is 21.7 Å². The Bertz CT molecular complexity index is 321. The summed E-state index contributed by atoms with van der Waals surface area (Å²) < 4.78 is 5.46. The van der Waals surface area contributed by atoms with Gasteiger partial charge in [-0.2, -0.15) is 0 Å². The molecule has 5 heteroatoms. The number of likely N-dealkylation sites (N-methyl/N-ethyl adjacent to an activating group) is 1. The highest BCUT2D eigenvalue weighted by molar-refractivity contribution is 8.21. The summed E-state index contributed by atoms with van der Waals surface area (Å²) in [6, 6.07) is 1.91. The molecule has 0 radical (unpaired) electrons. The SMILES string of the molecule is CN1CCOc2cc(SCl)cnc21. The van der Waals surface area contributed by atoms with E-state index in [0.717, 1.165) is 34.0 Å². The van der Waals surface area contributed by atoms with Crippen LogP contribution in [0.5, 0.6) is 5.75 Å². The van der Waals surface area contributed by atoms with Crippen LogP contribution in [0.25, 0.3) is 0 Å². The first kappa shape index (κ1) is 8.97. The maximum Gasteiger partial charge on any atom is 0.171 e. The van der Waals surface area contributed by atoms with E-state index in [1.807, 2.05) is 13.1 Å². The number of nitrogens with zero attached hydrogens (tertiary/aromatic N) is 2. The minimum absolute atomic E-state index is 0.710. The predicted molar refractivity (Wildman–Crippen MR) is 54.7 cm³/mol. The van der Waals surface area contributed by atoms with Crippen LogP contribution in [0.3, 0.4) is 0 Å². The molecule has 2 rings (SSSR count). The van der Waals surface area contributed by atoms with E-state index in [0.29, 0.717) is 6.61 Å². The molecule has 0 saturated heterocycles. The van der Waals surface area contributed by atoms with Crippen molar-refractivity contribution in [3.05, 3.63) is 12.3 Å². The molecule has 13 heavy (non-hydrogen) atoms. The Hall–Kier alpha value is -0.610. The van der Waals surface area contributed by atoms with Gasteiger partial charge in [-0.25, -0.2) is 4.98 Å². The highest BCUT2D eigenvalue weighted by Gasteiger charge is 2.16. The van der Waals surface area contributed by atoms with Crippen LogP contribution in [0.1, 0.15) is 0 Å². The van der Waals surface area contributed by atoms with Crippen LogP contribution in [0.2, 0.25) is 0 Å². The van der Waals surface area contributed by atoms with E-state index in [1.54, 1.807) is 6.20 Å². The molecule has 1 aromatic heterocycles. The number of fused-ring (bicyclic) bond motifs is 1. The average molecular weight is 217 g/mol. The molecule has 0 aliphatic carbocycles. The summed E-state index contributed by atoms with van der Waals surface area (Å²) in [6.07, 6.45) is 1.75. The molecule has 0 N–H and O–H groups in total. The van der Waals surface area contributed by atoms with Gasteiger partial charge in [-0.1, -0.05) is 0 Å². The van der Waals surface area contributed by atoms with Crippen LogP contribution in [-0.2, 0) is 0 Å². The van der Waals surface area contributed by atoms with Crippen molar-refractivity contribution in [2.75, 3.05) is 25.1 Å². The Balaban J connectivity index is 2.39. The Morgan fingerprint density at radius 1 is 1.69 bits per heavy atom. The van der Waals surface area contributed by atoms with Gasteiger partial charge in [0.2, 0.25) is 0 Å². The molecule has 1 aromatic rings. The molecule has 0 fully saturated rings. The molecular formula is C8H9ClN2OS. The molecule has 3 nitrogen and oxygen atoms in total. The van der Waals surface area contributed by atoms with Crippen molar-refractivity contribution in [1.82, 2.24) is 4.98 Å². The molecule has 0 saturated carbocycles. The van der Waals surface area contributed by atoms with Gasteiger partial charge in [-0.3, -0.25) is 0 Å². The van der Waals surface area contributed by atoms with Gasteiger partial charge >= 0.3 is 0 Å². The predicted octanol–water partition coefficient (Wildman–Crippen LogP) is 2.16. The van der Waals surface area contributed by atoms with Crippen molar-refractivity contribution >= 4 is 27.5 Å². The number of rotatable bonds is 1. The van der Waals surface area contributed by atoms with Crippen LogP contribution in [0.15, 0.2) is 17.2 Å². The smallest absolute Gasteiger partial charge is 0.171 e. The van der Waals surface area contributed by atoms with E-state index >= 15 is 0 Å². The van der Waals surface area contributed by atoms with Gasteiger partial charge in [0.1, 0.15) is 6.61 Å². The first-order valence-corrected chi connectivity index (χ1v) is 5.58. The van der Waals surface area contributed by atoms with Crippen molar-refractivity contribution in [3.63, 3.8) is 0 Å². The summed E-state index contributed by atoms with van der Waals surface area (Å²) in [5, 5.41) is 0. The molecule has 1 aliphatic rings. The lowest BCUT2D eigenvalue weighted by Crippen LogP contribution is -2.29. The lowest BCUT2D eigenvalue weighted by molar-refractivity contribution is 0.308. The van der Waals surface area contributed by atoms with E-state index in [2.05, 4.69) is 9.88 Å². The normalized spacial score (nSPS) is 15.1. The highest BCUT2D eigenvalue weighted by Crippen LogP contribution is 2.33. The molecule has 2 heterocycles. The fourth-order valence-corrected chi connectivity index (χ4v) is 1.75. The number of halogens is 1. The molecule has 1 aliphatic heterocycles. The molecular weight excluding hydrogens is 208 g/mol. The lowest BCUT2D eigenvalue weighted by Gasteiger charge is -2.26. The van der Waals surface area contributed by atoms with Gasteiger partial charge < -0.3 is 9.64 Å². The molecule has 0 atom stereocenters. The standard InChI is InChI=1S/C8H9ClN2OS/c1-11-2-3-12-7-4-6(13-9)5-10-8(7)11/h4-5H,2-3H2,1H3. The Morgan fingerprint density at radius 2 is 2.54 bits per heavy atom. The highest BCUT2D eigenvalue weighted by atomic mass is 35.7. The number of anilines is 1. The van der Waals surface area contributed by atoms with Crippen molar-refractivity contribution in [2.24, 2.45) is 0 Å². The average Bonchev–Trinajstić information content (AvgIpc) is 2.18. The number of hydrogen-bond donors (Lipinski definition) is 0. The minimum Gasteiger partial charge on any atom is -0.488 e. The van der Waals surface area contributed by atoms with E-state index in [4.69, 9.17) is 15.4 Å². The summed E-state index contributed by atoms with van der Waals surface area (Å²) in [5.41, 5.74) is 0. The van der Waals surface area contributed by atoms with Crippen molar-refractivity contribution in [1.29, 1.82) is 0 Å². The largest absolute Gasteiger partial charge is 0.488 e. The summed E-state index contributed by atoms with van der Waals surface area (Å²) in [4.78, 5) is 7.25. The van der Waals surface area contributed by atoms with Gasteiger partial charge in [-0.15, -0.1) is 0 Å². The van der Waals surface area contributed by atoms with Crippen LogP contribution in [0.4, 0.5) is 5.82 Å². The third-order valence-electron chi connectivity index (χ3n) is 1.94. The zero-order valence-electron chi connectivity index (χ0n) is 7.16. The first-order valence-electron chi connectivity index (χ1n) is 3.94. The summed E-state index contributed by atoms with van der Waals surface area (Å²) in [6.45, 7) is 1.59. The van der Waals surface area contributed by atoms with Crippen molar-refractivity contribution in [2.45, 2.75) is 4.90 Å². The molecule has 0 bridgehead atoms. The Labute approximate surface area is 85.5 Å². The topological polar surface area (TPSA) is 25.4 Å². The van der Waals surface area contributed by atoms with Gasteiger partial charge in [0.15, 0.2) is 11.6 Å². The van der Waals surface area contributed by atoms with Crippen molar-refractivity contribution < 1.29 is 4.74 Å². The number of ether oxygens (including phenoxy) is 1. The summed E-state index contributed by atoms with van der Waals surface area (Å²) >= 11 is 0. The van der Waals surface area contributed by atoms with Crippen LogP contribution < -0.4 is 9.64 Å². The zero-order chi connectivity index (χ0) is 9.26. The van der Waals surface area contributed by atoms with Crippen LogP contribution in [-0.4, -0.2) is 25.2 Å². The number of aromatic nitrogens is 1. The molecule has 0 unspecified atom stereocenters. The zero-order valence-corrected chi connectivity index (χ0v) is 8.73. The second kappa shape index (κ2) is 3.64. The molecule has 0 amide bonds. The maximum absolute atomic E-state index is 5.61. The van der Waals surface area contributed by atoms with E-state index in [-0.39, 0.29) is 0 Å². The van der Waals surface area contributed by atoms with Gasteiger partial charge in [-0.05, 0) is 21.7 Å². The van der Waals surface area contributed by atoms with E-state index in [1.165, 1.54) is 0 Å². The van der Waals surface area contributed by atoms with Crippen LogP contribution in [0, 0.1) is 0 Å². The second-order valence-corrected chi connectivity index (χ2v) is 3.93. The number of hydrogen-bond acceptors (Lipinski definition) is 4. The van der Waals surface area contributed by atoms with Crippen molar-refractivity contribution in [3.8, 4) is 5.75 Å². The van der Waals surface area contributed by atoms with Gasteiger partial charge in [0, 0.05) is 24.2 Å².